The molecular weight excluding hydrogens is 517 g/mol. The Hall–Kier alpha value is -3.63. The topological polar surface area (TPSA) is 27.7 Å². The molecular formula is C32H28O3Si3. The minimum absolute atomic E-state index is 1.02. The summed E-state index contributed by atoms with van der Waals surface area (Å²) in [5.41, 5.74) is 1.94. The third kappa shape index (κ3) is 4.17. The Morgan fingerprint density at radius 2 is 0.632 bits per heavy atom. The van der Waals surface area contributed by atoms with Crippen LogP contribution in [0.3, 0.4) is 0 Å². The second kappa shape index (κ2) is 10.3. The highest BCUT2D eigenvalue weighted by atomic mass is 28.5. The van der Waals surface area contributed by atoms with Crippen molar-refractivity contribution in [3.05, 3.63) is 164 Å². The fourth-order valence-electron chi connectivity index (χ4n) is 5.12. The predicted octanol–water partition coefficient (Wildman–Crippen LogP) is 3.64. The lowest BCUT2D eigenvalue weighted by atomic mass is 10.4. The number of benzene rings is 5. The van der Waals surface area contributed by atoms with Gasteiger partial charge in [0.2, 0.25) is 0 Å². The quantitative estimate of drug-likeness (QED) is 0.306. The maximum atomic E-state index is 7.60. The fourth-order valence-corrected chi connectivity index (χ4v) is 21.2. The van der Waals surface area contributed by atoms with Gasteiger partial charge in [0.05, 0.1) is 0 Å². The Labute approximate surface area is 227 Å². The zero-order chi connectivity index (χ0) is 25.9. The van der Waals surface area contributed by atoms with Crippen molar-refractivity contribution in [1.29, 1.82) is 0 Å². The molecule has 5 aromatic carbocycles. The standard InChI is InChI=1S/C32H28O3Si3/c1-2-36(28-18-8-3-9-19-28)33-37(29-20-10-4-11-21-29,30-22-12-5-13-23-30)35-38(34-36,31-24-14-6-15-25-31)32-26-16-7-17-27-32/h2-27H,1H2. The zero-order valence-electron chi connectivity index (χ0n) is 20.9. The van der Waals surface area contributed by atoms with E-state index in [1.165, 1.54) is 0 Å². The third-order valence-corrected chi connectivity index (χ3v) is 20.0. The molecule has 1 aliphatic heterocycles. The van der Waals surface area contributed by atoms with Crippen molar-refractivity contribution in [2.75, 3.05) is 0 Å². The van der Waals surface area contributed by atoms with Crippen LogP contribution in [0, 0.1) is 0 Å². The smallest absolute Gasteiger partial charge is 0.390 e. The molecule has 5 aromatic rings. The van der Waals surface area contributed by atoms with E-state index in [2.05, 4.69) is 116 Å². The van der Waals surface area contributed by atoms with Crippen molar-refractivity contribution in [2.45, 2.75) is 0 Å². The highest BCUT2D eigenvalue weighted by Crippen LogP contribution is 2.32. The van der Waals surface area contributed by atoms with E-state index in [1.54, 1.807) is 0 Å². The van der Waals surface area contributed by atoms with Crippen LogP contribution in [0.25, 0.3) is 0 Å². The molecule has 0 bridgehead atoms. The summed E-state index contributed by atoms with van der Waals surface area (Å²) >= 11 is 0. The summed E-state index contributed by atoms with van der Waals surface area (Å²) < 4.78 is 22.4. The molecule has 0 unspecified atom stereocenters. The first-order valence-corrected chi connectivity index (χ1v) is 18.3. The number of hydrogen-bond donors (Lipinski definition) is 0. The summed E-state index contributed by atoms with van der Waals surface area (Å²) in [6.45, 7) is 4.34. The van der Waals surface area contributed by atoms with Crippen LogP contribution in [0.4, 0.5) is 0 Å². The van der Waals surface area contributed by atoms with E-state index in [1.807, 2.05) is 48.2 Å². The Morgan fingerprint density at radius 3 is 0.895 bits per heavy atom. The lowest BCUT2D eigenvalue weighted by Crippen LogP contribution is -2.85. The van der Waals surface area contributed by atoms with Crippen molar-refractivity contribution < 1.29 is 12.3 Å². The van der Waals surface area contributed by atoms with Gasteiger partial charge in [-0.3, -0.25) is 0 Å². The summed E-state index contributed by atoms with van der Waals surface area (Å²) in [6.07, 6.45) is 0. The van der Waals surface area contributed by atoms with Gasteiger partial charge >= 0.3 is 25.7 Å². The maximum absolute atomic E-state index is 7.60. The first-order valence-electron chi connectivity index (χ1n) is 12.7. The molecule has 1 saturated heterocycles. The van der Waals surface area contributed by atoms with Crippen LogP contribution in [0.2, 0.25) is 0 Å². The van der Waals surface area contributed by atoms with Crippen LogP contribution in [0.15, 0.2) is 164 Å². The molecule has 1 aliphatic rings. The molecule has 0 saturated carbocycles. The van der Waals surface area contributed by atoms with Gasteiger partial charge in [0.1, 0.15) is 0 Å². The molecule has 0 atom stereocenters. The molecule has 0 amide bonds. The normalized spacial score (nSPS) is 17.4. The fraction of sp³-hybridized carbons (Fsp3) is 0. The van der Waals surface area contributed by atoms with E-state index in [-0.39, 0.29) is 0 Å². The minimum Gasteiger partial charge on any atom is -0.402 e. The molecule has 0 N–H and O–H groups in total. The van der Waals surface area contributed by atoms with Gasteiger partial charge in [-0.15, -0.1) is 6.58 Å². The number of rotatable bonds is 6. The monoisotopic (exact) mass is 544 g/mol. The average Bonchev–Trinajstić information content (AvgIpc) is 3.03. The molecule has 3 nitrogen and oxygen atoms in total. The highest BCUT2D eigenvalue weighted by Gasteiger charge is 2.65. The lowest BCUT2D eigenvalue weighted by Gasteiger charge is -2.52. The van der Waals surface area contributed by atoms with Crippen molar-refractivity contribution >= 4 is 51.6 Å². The van der Waals surface area contributed by atoms with Crippen LogP contribution in [-0.4, -0.2) is 25.7 Å². The van der Waals surface area contributed by atoms with E-state index < -0.39 is 25.7 Å². The summed E-state index contributed by atoms with van der Waals surface area (Å²) in [5, 5.41) is 5.22. The van der Waals surface area contributed by atoms with Crippen molar-refractivity contribution in [1.82, 2.24) is 0 Å². The van der Waals surface area contributed by atoms with Gasteiger partial charge in [-0.05, 0) is 31.6 Å². The van der Waals surface area contributed by atoms with E-state index in [0.717, 1.165) is 25.9 Å². The van der Waals surface area contributed by atoms with Gasteiger partial charge in [-0.2, -0.15) is 0 Å². The molecule has 6 rings (SSSR count). The second-order valence-electron chi connectivity index (χ2n) is 9.24. The first-order chi connectivity index (χ1) is 18.7. The molecule has 1 fully saturated rings. The van der Waals surface area contributed by atoms with Gasteiger partial charge < -0.3 is 12.3 Å². The maximum Gasteiger partial charge on any atom is 0.390 e. The molecule has 186 valence electrons. The van der Waals surface area contributed by atoms with Crippen LogP contribution in [-0.2, 0) is 12.3 Å². The van der Waals surface area contributed by atoms with Crippen LogP contribution >= 0.6 is 0 Å². The SMILES string of the molecule is C=C[Si]1(c2ccccc2)O[Si](c2ccccc2)(c2ccccc2)O[Si](c2ccccc2)(c2ccccc2)O1. The zero-order valence-corrected chi connectivity index (χ0v) is 23.9. The Morgan fingerprint density at radius 1 is 0.368 bits per heavy atom. The van der Waals surface area contributed by atoms with Gasteiger partial charge in [0.25, 0.3) is 0 Å². The van der Waals surface area contributed by atoms with Crippen LogP contribution in [0.1, 0.15) is 0 Å². The number of hydrogen-bond acceptors (Lipinski definition) is 3. The van der Waals surface area contributed by atoms with Crippen LogP contribution < -0.4 is 25.9 Å². The lowest BCUT2D eigenvalue weighted by molar-refractivity contribution is 0.267. The second-order valence-corrected chi connectivity index (χ2v) is 18.8. The van der Waals surface area contributed by atoms with Gasteiger partial charge in [0, 0.05) is 0 Å². The molecule has 6 heteroatoms. The van der Waals surface area contributed by atoms with E-state index in [4.69, 9.17) is 12.3 Å². The molecule has 38 heavy (non-hydrogen) atoms. The van der Waals surface area contributed by atoms with Crippen molar-refractivity contribution in [3.63, 3.8) is 0 Å². The van der Waals surface area contributed by atoms with Crippen LogP contribution in [0.5, 0.6) is 0 Å². The predicted molar refractivity (Wildman–Crippen MR) is 161 cm³/mol. The largest absolute Gasteiger partial charge is 0.402 e. The molecule has 1 heterocycles. The Bertz CT molecular complexity index is 1330. The molecule has 0 aromatic heterocycles. The highest BCUT2D eigenvalue weighted by molar-refractivity contribution is 7.14. The minimum atomic E-state index is -3.35. The molecule has 0 spiro atoms. The van der Waals surface area contributed by atoms with E-state index >= 15 is 0 Å². The van der Waals surface area contributed by atoms with Gasteiger partial charge in [0.15, 0.2) is 0 Å². The Kier molecular flexibility index (Phi) is 6.67. The molecule has 0 aliphatic carbocycles. The molecule has 0 radical (unpaired) electrons. The van der Waals surface area contributed by atoms with Crippen molar-refractivity contribution in [3.8, 4) is 0 Å². The third-order valence-electron chi connectivity index (χ3n) is 6.94. The first kappa shape index (κ1) is 24.7. The van der Waals surface area contributed by atoms with Gasteiger partial charge in [-0.1, -0.05) is 152 Å². The van der Waals surface area contributed by atoms with E-state index in [9.17, 15) is 0 Å². The average molecular weight is 545 g/mol. The van der Waals surface area contributed by atoms with Gasteiger partial charge in [-0.25, -0.2) is 0 Å². The summed E-state index contributed by atoms with van der Waals surface area (Å²) in [4.78, 5) is 0. The van der Waals surface area contributed by atoms with Crippen molar-refractivity contribution in [2.24, 2.45) is 0 Å². The Balaban J connectivity index is 1.73. The summed E-state index contributed by atoms with van der Waals surface area (Å²) in [7, 11) is -9.97. The summed E-state index contributed by atoms with van der Waals surface area (Å²) in [5.74, 6) is 0. The summed E-state index contributed by atoms with van der Waals surface area (Å²) in [6, 6.07) is 52.0. The van der Waals surface area contributed by atoms with E-state index in [0.29, 0.717) is 0 Å².